The van der Waals surface area contributed by atoms with Crippen molar-refractivity contribution in [1.29, 1.82) is 0 Å². The second-order valence-electron chi connectivity index (χ2n) is 3.26. The number of halogens is 4. The number of hydrogen-bond donors (Lipinski definition) is 0. The van der Waals surface area contributed by atoms with Crippen LogP contribution in [0.15, 0.2) is 23.8 Å². The molecule has 0 aromatic heterocycles. The van der Waals surface area contributed by atoms with Crippen molar-refractivity contribution in [2.75, 3.05) is 0 Å². The minimum Gasteiger partial charge on any atom is -0.101 e. The van der Waals surface area contributed by atoms with Crippen LogP contribution in [0.1, 0.15) is 20.3 Å². The zero-order chi connectivity index (χ0) is 11.3. The molecule has 0 N–H and O–H groups in total. The fraction of sp³-hybridized carbons (Fsp3) is 0.600. The summed E-state index contributed by atoms with van der Waals surface area (Å²) in [6.07, 6.45) is 2.78. The lowest BCUT2D eigenvalue weighted by molar-refractivity contribution is 0.852. The highest BCUT2D eigenvalue weighted by atomic mass is 79.9. The Bertz CT molecular complexity index is 224. The van der Waals surface area contributed by atoms with Crippen LogP contribution >= 0.6 is 55.1 Å². The van der Waals surface area contributed by atoms with E-state index in [1.807, 2.05) is 19.9 Å². The lowest BCUT2D eigenvalue weighted by Crippen LogP contribution is -2.10. The molecule has 14 heavy (non-hydrogen) atoms. The van der Waals surface area contributed by atoms with Crippen LogP contribution in [0, 0.1) is 0 Å². The highest BCUT2D eigenvalue weighted by Crippen LogP contribution is 2.25. The molecule has 4 heteroatoms. The van der Waals surface area contributed by atoms with Gasteiger partial charge in [-0.25, -0.2) is 0 Å². The Morgan fingerprint density at radius 1 is 1.29 bits per heavy atom. The first-order valence-corrected chi connectivity index (χ1v) is 6.95. The van der Waals surface area contributed by atoms with Crippen LogP contribution in [-0.4, -0.2) is 14.5 Å². The highest BCUT2D eigenvalue weighted by Gasteiger charge is 2.14. The third-order valence-corrected chi connectivity index (χ3v) is 4.33. The third-order valence-electron chi connectivity index (χ3n) is 1.83. The quantitative estimate of drug-likeness (QED) is 0.463. The molecule has 0 amide bonds. The molecule has 0 nitrogen and oxygen atoms in total. The Kier molecular flexibility index (Phi) is 7.85. The second-order valence-corrected chi connectivity index (χ2v) is 6.64. The van der Waals surface area contributed by atoms with E-state index in [4.69, 9.17) is 23.2 Å². The van der Waals surface area contributed by atoms with E-state index in [-0.39, 0.29) is 4.83 Å². The van der Waals surface area contributed by atoms with Gasteiger partial charge >= 0.3 is 0 Å². The summed E-state index contributed by atoms with van der Waals surface area (Å²) in [6, 6.07) is 0. The molecule has 82 valence electrons. The normalized spacial score (nSPS) is 16.9. The molecule has 2 atom stereocenters. The molecule has 0 aliphatic carbocycles. The van der Waals surface area contributed by atoms with Gasteiger partial charge < -0.3 is 0 Å². The lowest BCUT2D eigenvalue weighted by Gasteiger charge is -2.15. The zero-order valence-electron chi connectivity index (χ0n) is 8.24. The molecule has 0 aliphatic heterocycles. The summed E-state index contributed by atoms with van der Waals surface area (Å²) in [6.45, 7) is 7.90. The number of allylic oxidation sites excluding steroid dienone is 3. The van der Waals surface area contributed by atoms with Gasteiger partial charge in [0.25, 0.3) is 0 Å². The van der Waals surface area contributed by atoms with Crippen LogP contribution in [0.2, 0.25) is 0 Å². The molecule has 0 aromatic rings. The first kappa shape index (κ1) is 15.0. The fourth-order valence-electron chi connectivity index (χ4n) is 0.872. The first-order chi connectivity index (χ1) is 6.34. The summed E-state index contributed by atoms with van der Waals surface area (Å²) in [4.78, 5) is 0.163. The monoisotopic (exact) mass is 362 g/mol. The van der Waals surface area contributed by atoms with Crippen molar-refractivity contribution in [3.8, 4) is 0 Å². The van der Waals surface area contributed by atoms with Gasteiger partial charge in [0, 0.05) is 9.65 Å². The molecule has 0 aromatic carbocycles. The minimum atomic E-state index is -0.436. The Morgan fingerprint density at radius 2 is 1.79 bits per heavy atom. The Morgan fingerprint density at radius 3 is 2.14 bits per heavy atom. The summed E-state index contributed by atoms with van der Waals surface area (Å²) < 4.78 is 0. The molecule has 0 rings (SSSR count). The van der Waals surface area contributed by atoms with E-state index in [1.54, 1.807) is 0 Å². The summed E-state index contributed by atoms with van der Waals surface area (Å²) in [5, 5.41) is 0. The SMILES string of the molecule is C=C(C)[C@@H](Br)C[C@H](Br)/C(C)=C/C(Cl)Cl. The van der Waals surface area contributed by atoms with Crippen LogP contribution in [0.4, 0.5) is 0 Å². The van der Waals surface area contributed by atoms with Gasteiger partial charge in [0.05, 0.1) is 0 Å². The lowest BCUT2D eigenvalue weighted by atomic mass is 10.1. The molecule has 0 heterocycles. The van der Waals surface area contributed by atoms with Gasteiger partial charge in [0.2, 0.25) is 0 Å². The van der Waals surface area contributed by atoms with Crippen molar-refractivity contribution < 1.29 is 0 Å². The fourth-order valence-corrected chi connectivity index (χ4v) is 2.67. The van der Waals surface area contributed by atoms with Crippen molar-refractivity contribution in [1.82, 2.24) is 0 Å². The maximum Gasteiger partial charge on any atom is 0.126 e. The third kappa shape index (κ3) is 6.49. The van der Waals surface area contributed by atoms with Gasteiger partial charge in [-0.05, 0) is 20.3 Å². The van der Waals surface area contributed by atoms with Crippen LogP contribution in [0.3, 0.4) is 0 Å². The minimum absolute atomic E-state index is 0.281. The standard InChI is InChI=1S/C10H14Br2Cl2/c1-6(2)8(11)5-9(12)7(3)4-10(13)14/h4,8-10H,1,5H2,2-3H3/b7-4+/t8-,9-/m0/s1. The summed E-state index contributed by atoms with van der Waals surface area (Å²) in [5.41, 5.74) is 2.27. The number of rotatable bonds is 5. The average molecular weight is 365 g/mol. The maximum atomic E-state index is 5.65. The summed E-state index contributed by atoms with van der Waals surface area (Å²) >= 11 is 18.4. The van der Waals surface area contributed by atoms with E-state index in [9.17, 15) is 0 Å². The predicted octanol–water partition coefficient (Wildman–Crippen LogP) is 5.23. The number of hydrogen-bond acceptors (Lipinski definition) is 0. The van der Waals surface area contributed by atoms with E-state index in [1.165, 1.54) is 0 Å². The molecule has 0 aliphatic rings. The Balaban J connectivity index is 4.20. The maximum absolute atomic E-state index is 5.65. The molecular weight excluding hydrogens is 351 g/mol. The molecule has 0 spiro atoms. The molecule has 0 radical (unpaired) electrons. The second kappa shape index (κ2) is 7.32. The summed E-state index contributed by atoms with van der Waals surface area (Å²) in [7, 11) is 0. The van der Waals surface area contributed by atoms with Gasteiger partial charge in [-0.1, -0.05) is 55.7 Å². The van der Waals surface area contributed by atoms with Crippen LogP contribution in [0.25, 0.3) is 0 Å². The van der Waals surface area contributed by atoms with Gasteiger partial charge in [-0.15, -0.1) is 23.2 Å². The van der Waals surface area contributed by atoms with E-state index >= 15 is 0 Å². The van der Waals surface area contributed by atoms with Crippen LogP contribution < -0.4 is 0 Å². The zero-order valence-corrected chi connectivity index (χ0v) is 12.9. The Hall–Kier alpha value is 1.02. The topological polar surface area (TPSA) is 0 Å². The van der Waals surface area contributed by atoms with Crippen molar-refractivity contribution in [3.63, 3.8) is 0 Å². The molecule has 0 saturated carbocycles. The smallest absolute Gasteiger partial charge is 0.101 e. The first-order valence-electron chi connectivity index (χ1n) is 4.24. The highest BCUT2D eigenvalue weighted by molar-refractivity contribution is 9.10. The van der Waals surface area contributed by atoms with Gasteiger partial charge in [-0.3, -0.25) is 0 Å². The largest absolute Gasteiger partial charge is 0.126 e. The van der Waals surface area contributed by atoms with Crippen LogP contribution in [-0.2, 0) is 0 Å². The van der Waals surface area contributed by atoms with Gasteiger partial charge in [0.15, 0.2) is 0 Å². The van der Waals surface area contributed by atoms with E-state index < -0.39 is 4.84 Å². The average Bonchev–Trinajstić information content (AvgIpc) is 2.02. The predicted molar refractivity (Wildman–Crippen MR) is 74.1 cm³/mol. The summed E-state index contributed by atoms with van der Waals surface area (Å²) in [5.74, 6) is 0. The van der Waals surface area contributed by atoms with E-state index in [0.29, 0.717) is 4.83 Å². The molecule has 0 saturated heterocycles. The van der Waals surface area contributed by atoms with Gasteiger partial charge in [-0.2, -0.15) is 0 Å². The van der Waals surface area contributed by atoms with Gasteiger partial charge in [0.1, 0.15) is 4.84 Å². The van der Waals surface area contributed by atoms with Crippen molar-refractivity contribution in [3.05, 3.63) is 23.8 Å². The number of alkyl halides is 4. The molecule has 0 fully saturated rings. The molecular formula is C10H14Br2Cl2. The molecule has 0 bridgehead atoms. The van der Waals surface area contributed by atoms with Crippen molar-refractivity contribution >= 4 is 55.1 Å². The van der Waals surface area contributed by atoms with E-state index in [2.05, 4.69) is 38.4 Å². The van der Waals surface area contributed by atoms with Crippen molar-refractivity contribution in [2.24, 2.45) is 0 Å². The Labute approximate surface area is 113 Å². The molecule has 0 unspecified atom stereocenters. The van der Waals surface area contributed by atoms with Crippen LogP contribution in [0.5, 0.6) is 0 Å². The van der Waals surface area contributed by atoms with Crippen molar-refractivity contribution in [2.45, 2.75) is 34.8 Å². The van der Waals surface area contributed by atoms with E-state index in [0.717, 1.165) is 17.6 Å².